The number of rotatable bonds is 17. The van der Waals surface area contributed by atoms with Crippen LogP contribution in [0.3, 0.4) is 0 Å². The maximum absolute atomic E-state index is 15.2. The highest BCUT2D eigenvalue weighted by atomic mass is 33.1. The van der Waals surface area contributed by atoms with Crippen molar-refractivity contribution in [2.45, 2.75) is 133 Å². The molecule has 7 N–H and O–H groups in total. The number of fused-ring (bicyclic) bond motifs is 4. The Balaban J connectivity index is 1.42. The molecule has 1 aliphatic heterocycles. The summed E-state index contributed by atoms with van der Waals surface area (Å²) in [6, 6.07) is 9.67. The number of nitrogens with zero attached hydrogens (tertiary/aromatic N) is 1. The number of likely N-dealkylation sites (N-methyl/N-ethyl adjacent to an activating group) is 1. The van der Waals surface area contributed by atoms with E-state index in [-0.39, 0.29) is 47.1 Å². The van der Waals surface area contributed by atoms with Crippen LogP contribution in [0.1, 0.15) is 121 Å². The number of carbonyl (C=O) groups is 1. The number of hydrogen-bond donors (Lipinski definition) is 7. The lowest BCUT2D eigenvalue weighted by atomic mass is 9.66. The van der Waals surface area contributed by atoms with Crippen molar-refractivity contribution in [1.82, 2.24) is 10.6 Å². The summed E-state index contributed by atoms with van der Waals surface area (Å²) in [6.07, 6.45) is 18.0. The van der Waals surface area contributed by atoms with Gasteiger partial charge in [0.15, 0.2) is 41.0 Å². The lowest BCUT2D eigenvalue weighted by Gasteiger charge is -2.39. The van der Waals surface area contributed by atoms with Gasteiger partial charge in [0.1, 0.15) is 5.60 Å². The van der Waals surface area contributed by atoms with Crippen molar-refractivity contribution in [2.24, 2.45) is 28.2 Å². The number of ether oxygens (including phenoxy) is 3. The van der Waals surface area contributed by atoms with Crippen LogP contribution in [0.25, 0.3) is 0 Å². The number of benzene rings is 2. The fourth-order valence-corrected chi connectivity index (χ4v) is 13.4. The highest BCUT2D eigenvalue weighted by Gasteiger charge is 2.49. The maximum Gasteiger partial charge on any atom is 0.196 e. The first-order chi connectivity index (χ1) is 30.5. The number of aliphatic hydroxyl groups is 2. The van der Waals surface area contributed by atoms with Gasteiger partial charge in [-0.25, -0.2) is 0 Å². The first-order valence-corrected chi connectivity index (χ1v) is 25.9. The van der Waals surface area contributed by atoms with E-state index in [4.69, 9.17) is 14.2 Å². The van der Waals surface area contributed by atoms with Gasteiger partial charge in [-0.05, 0) is 130 Å². The normalized spacial score (nSPS) is 28.0. The number of aromatic hydroxyl groups is 2. The molecule has 1 spiro atoms. The van der Waals surface area contributed by atoms with Gasteiger partial charge in [0, 0.05) is 43.2 Å². The molecule has 3 fully saturated rings. The van der Waals surface area contributed by atoms with Gasteiger partial charge in [-0.1, -0.05) is 79.2 Å². The lowest BCUT2D eigenvalue weighted by molar-refractivity contribution is -0.125. The summed E-state index contributed by atoms with van der Waals surface area (Å²) >= 11 is 0. The van der Waals surface area contributed by atoms with Gasteiger partial charge in [0.05, 0.1) is 25.3 Å². The predicted octanol–water partition coefficient (Wildman–Crippen LogP) is 8.85. The third-order valence-corrected chi connectivity index (χ3v) is 16.7. The molecule has 2 aromatic carbocycles. The average molecular weight is 911 g/mol. The number of phenols is 2. The molecule has 2 bridgehead atoms. The zero-order valence-corrected chi connectivity index (χ0v) is 39.7. The van der Waals surface area contributed by atoms with Gasteiger partial charge < -0.3 is 50.6 Å². The highest BCUT2D eigenvalue weighted by Crippen LogP contribution is 2.54. The van der Waals surface area contributed by atoms with Gasteiger partial charge in [0.25, 0.3) is 0 Å². The second-order valence-electron chi connectivity index (χ2n) is 18.5. The molecule has 1 heterocycles. The number of nitrogens with one attached hydrogen (secondary N) is 3. The van der Waals surface area contributed by atoms with Crippen LogP contribution in [0, 0.1) is 23.2 Å². The highest BCUT2D eigenvalue weighted by molar-refractivity contribution is 8.76. The van der Waals surface area contributed by atoms with Crippen molar-refractivity contribution in [2.75, 3.05) is 57.9 Å². The molecule has 0 amide bonds. The molecule has 2 aromatic rings. The first kappa shape index (κ1) is 49.3. The van der Waals surface area contributed by atoms with Crippen LogP contribution >= 0.6 is 21.6 Å². The van der Waals surface area contributed by atoms with E-state index >= 15 is 4.79 Å². The lowest BCUT2D eigenvalue weighted by Crippen LogP contribution is -2.43. The summed E-state index contributed by atoms with van der Waals surface area (Å²) in [4.78, 5) is 19.7. The van der Waals surface area contributed by atoms with Crippen LogP contribution < -0.4 is 25.4 Å². The number of aliphatic imine (C=N–C) groups is 1. The molecule has 14 heteroatoms. The van der Waals surface area contributed by atoms with Crippen molar-refractivity contribution < 1.29 is 39.4 Å². The molecule has 3 aliphatic carbocycles. The van der Waals surface area contributed by atoms with Gasteiger partial charge in [-0.2, -0.15) is 0 Å². The van der Waals surface area contributed by atoms with E-state index in [1.54, 1.807) is 41.8 Å². The van der Waals surface area contributed by atoms with Crippen molar-refractivity contribution in [3.63, 3.8) is 0 Å². The van der Waals surface area contributed by atoms with Crippen molar-refractivity contribution in [1.29, 1.82) is 0 Å². The van der Waals surface area contributed by atoms with E-state index in [0.717, 1.165) is 100 Å². The van der Waals surface area contributed by atoms with Crippen molar-refractivity contribution in [3.05, 3.63) is 53.6 Å². The van der Waals surface area contributed by atoms with E-state index in [2.05, 4.69) is 46.1 Å². The van der Waals surface area contributed by atoms with E-state index < -0.39 is 17.3 Å². The Labute approximate surface area is 383 Å². The van der Waals surface area contributed by atoms with E-state index in [1.165, 1.54) is 0 Å². The Hall–Kier alpha value is -3.14. The molecule has 6 rings (SSSR count). The summed E-state index contributed by atoms with van der Waals surface area (Å²) in [6.45, 7) is 3.11. The second kappa shape index (κ2) is 23.4. The van der Waals surface area contributed by atoms with E-state index in [0.29, 0.717) is 67.9 Å². The number of methoxy groups -OCH3 is 1. The molecule has 0 unspecified atom stereocenters. The van der Waals surface area contributed by atoms with E-state index in [9.17, 15) is 20.4 Å². The van der Waals surface area contributed by atoms with Gasteiger partial charge in [-0.15, -0.1) is 0 Å². The van der Waals surface area contributed by atoms with Crippen LogP contribution in [0.5, 0.6) is 23.0 Å². The summed E-state index contributed by atoms with van der Waals surface area (Å²) in [5, 5.41) is 52.8. The number of carbonyl (C=O) groups excluding carboxylic acids is 1. The molecule has 63 heavy (non-hydrogen) atoms. The maximum atomic E-state index is 15.2. The summed E-state index contributed by atoms with van der Waals surface area (Å²) in [5.74, 6) is 3.45. The minimum atomic E-state index is -0.919. The molecular formula is C49H74N4O8S2. The van der Waals surface area contributed by atoms with Crippen LogP contribution in [-0.2, 0) is 21.4 Å². The largest absolute Gasteiger partial charge is 0.504 e. The molecule has 3 saturated carbocycles. The van der Waals surface area contributed by atoms with Gasteiger partial charge in [-0.3, -0.25) is 9.79 Å². The Morgan fingerprint density at radius 3 is 2.59 bits per heavy atom. The summed E-state index contributed by atoms with van der Waals surface area (Å²) < 4.78 is 18.2. The number of allylic oxidation sites excluding steroid dienone is 2. The fourth-order valence-electron chi connectivity index (χ4n) is 11.2. The Bertz CT molecular complexity index is 1860. The third-order valence-electron chi connectivity index (χ3n) is 14.4. The van der Waals surface area contributed by atoms with Crippen LogP contribution in [0.2, 0.25) is 0 Å². The molecule has 6 atom stereocenters. The van der Waals surface area contributed by atoms with Crippen LogP contribution in [0.15, 0.2) is 47.5 Å². The third kappa shape index (κ3) is 12.0. The minimum absolute atomic E-state index is 0.0169. The number of guanidine groups is 1. The number of phenolic OH excluding ortho intramolecular Hbond substituents is 2. The number of unbranched alkanes of at least 4 members (excludes halogenated alkanes) is 2. The topological polar surface area (TPSA) is 174 Å². The SMILES string of the molecule is CCCCC[C@@H]1/C=C/C(=O)[C@@]2(Cc3ccc(O)c(OC)c3)CCC[C@H]2CSSCNC(=NC)Nc2cc(cc(O[C@]3(CNC)CC[C@@H](C[C@H](O)OCCCO)C3)c2O)C12CCCC2. The fraction of sp³-hybridized carbons (Fsp3) is 0.673. The number of anilines is 1. The first-order valence-electron chi connectivity index (χ1n) is 23.5. The Kier molecular flexibility index (Phi) is 18.3. The monoisotopic (exact) mass is 910 g/mol. The molecule has 0 saturated heterocycles. The van der Waals surface area contributed by atoms with Crippen LogP contribution in [-0.4, -0.2) is 96.7 Å². The molecular weight excluding hydrogens is 837 g/mol. The second-order valence-corrected chi connectivity index (χ2v) is 21.0. The van der Waals surface area contributed by atoms with Crippen LogP contribution in [0.4, 0.5) is 5.69 Å². The molecule has 4 aliphatic rings. The average Bonchev–Trinajstić information content (AvgIpc) is 4.03. The molecule has 0 radical (unpaired) electrons. The number of hydrogen-bond acceptors (Lipinski definition) is 12. The number of ketones is 1. The molecule has 350 valence electrons. The smallest absolute Gasteiger partial charge is 0.196 e. The standard InChI is InChI=1S/C49H74N4O8S2/c1-5-6-7-12-36-15-17-43(56)49(30-34-14-16-40(55)41(25-34)59-4)21-10-13-37(49)31-62-63-33-52-46(51-3)53-39-27-38(48(36)19-8-9-20-48)28-42(45(39)58)61-47(32-50-2)22-18-35(29-47)26-44(57)60-24-11-23-54/h14-17,25,27-28,35-37,44,50,54-55,57-58H,5-13,18-24,26,29-33H2,1-4H3,(H2,51,52,53)/b17-15+/t35-,36+,37-,44+,47+,49+/m0/s1. The predicted molar refractivity (Wildman–Crippen MR) is 256 cm³/mol. The summed E-state index contributed by atoms with van der Waals surface area (Å²) in [5.41, 5.74) is 1.07. The minimum Gasteiger partial charge on any atom is -0.504 e. The molecule has 0 aromatic heterocycles. The van der Waals surface area contributed by atoms with Crippen molar-refractivity contribution >= 4 is 39.0 Å². The van der Waals surface area contributed by atoms with Gasteiger partial charge >= 0.3 is 0 Å². The Morgan fingerprint density at radius 2 is 1.84 bits per heavy atom. The summed E-state index contributed by atoms with van der Waals surface area (Å²) in [7, 11) is 8.67. The zero-order valence-electron chi connectivity index (χ0n) is 38.1. The van der Waals surface area contributed by atoms with E-state index in [1.807, 2.05) is 25.3 Å². The quantitative estimate of drug-likeness (QED) is 0.0348. The van der Waals surface area contributed by atoms with Gasteiger partial charge in [0.2, 0.25) is 0 Å². The number of aliphatic hydroxyl groups excluding tert-OH is 2. The Morgan fingerprint density at radius 1 is 1.02 bits per heavy atom. The van der Waals surface area contributed by atoms with Crippen molar-refractivity contribution in [3.8, 4) is 23.0 Å². The molecule has 12 nitrogen and oxygen atoms in total. The zero-order chi connectivity index (χ0) is 44.9.